The second kappa shape index (κ2) is 4.38. The molecular weight excluding hydrogens is 246 g/mol. The van der Waals surface area contributed by atoms with Gasteiger partial charge in [-0.1, -0.05) is 11.6 Å². The maximum atomic E-state index is 5.98. The van der Waals surface area contributed by atoms with Crippen molar-refractivity contribution in [3.05, 3.63) is 17.2 Å². The largest absolute Gasteiger partial charge is 0.454 e. The molecule has 8 heteroatoms. The number of rotatable bonds is 1. The first-order chi connectivity index (χ1) is 8.08. The fourth-order valence-corrected chi connectivity index (χ4v) is 1.50. The minimum Gasteiger partial charge on any atom is -0.454 e. The third-order valence-corrected chi connectivity index (χ3v) is 2.24. The third-order valence-electron chi connectivity index (χ3n) is 1.93. The average Bonchev–Trinajstić information content (AvgIpc) is 2.69. The van der Waals surface area contributed by atoms with Crippen molar-refractivity contribution in [3.8, 4) is 11.5 Å². The van der Waals surface area contributed by atoms with Gasteiger partial charge in [-0.25, -0.2) is 4.99 Å². The molecule has 1 aliphatic rings. The highest BCUT2D eigenvalue weighted by Crippen LogP contribution is 2.45. The smallest absolute Gasteiger partial charge is 0.231 e. The van der Waals surface area contributed by atoms with Gasteiger partial charge in [-0.2, -0.15) is 4.99 Å². The Morgan fingerprint density at radius 3 is 2.71 bits per heavy atom. The van der Waals surface area contributed by atoms with Gasteiger partial charge in [-0.05, 0) is 12.1 Å². The second-order valence-corrected chi connectivity index (χ2v) is 3.54. The van der Waals surface area contributed by atoms with Crippen LogP contribution in [-0.4, -0.2) is 18.7 Å². The summed E-state index contributed by atoms with van der Waals surface area (Å²) in [4.78, 5) is 7.56. The molecule has 1 aliphatic heterocycles. The molecule has 2 rings (SSSR count). The van der Waals surface area contributed by atoms with Gasteiger partial charge in [-0.15, -0.1) is 0 Å². The van der Waals surface area contributed by atoms with Crippen molar-refractivity contribution in [1.29, 1.82) is 0 Å². The molecule has 0 radical (unpaired) electrons. The number of hydrogen-bond acceptors (Lipinski definition) is 3. The lowest BCUT2D eigenvalue weighted by atomic mass is 10.3. The Labute approximate surface area is 102 Å². The summed E-state index contributed by atoms with van der Waals surface area (Å²) in [5, 5.41) is 0.364. The molecule has 0 saturated heterocycles. The number of ether oxygens (including phenoxy) is 2. The number of halogens is 1. The highest BCUT2D eigenvalue weighted by Gasteiger charge is 2.20. The molecule has 90 valence electrons. The van der Waals surface area contributed by atoms with Crippen LogP contribution in [0, 0.1) is 0 Å². The molecule has 0 atom stereocenters. The summed E-state index contributed by atoms with van der Waals surface area (Å²) in [6, 6.07) is 3.30. The Morgan fingerprint density at radius 2 is 2.00 bits per heavy atom. The SMILES string of the molecule is NC(N)=NC(N)=Nc1c(Cl)ccc2c1OCO2. The van der Waals surface area contributed by atoms with E-state index in [4.69, 9.17) is 38.3 Å². The summed E-state index contributed by atoms with van der Waals surface area (Å²) in [5.74, 6) is 0.666. The molecule has 0 bridgehead atoms. The van der Waals surface area contributed by atoms with Gasteiger partial charge in [0.15, 0.2) is 17.5 Å². The van der Waals surface area contributed by atoms with Crippen LogP contribution in [0.15, 0.2) is 22.1 Å². The molecule has 7 nitrogen and oxygen atoms in total. The van der Waals surface area contributed by atoms with E-state index in [1.165, 1.54) is 0 Å². The van der Waals surface area contributed by atoms with E-state index in [2.05, 4.69) is 9.98 Å². The summed E-state index contributed by atoms with van der Waals surface area (Å²) in [7, 11) is 0. The van der Waals surface area contributed by atoms with Crippen LogP contribution < -0.4 is 26.7 Å². The topological polar surface area (TPSA) is 121 Å². The molecule has 0 aliphatic carbocycles. The molecule has 0 spiro atoms. The van der Waals surface area contributed by atoms with Crippen LogP contribution >= 0.6 is 11.6 Å². The van der Waals surface area contributed by atoms with Crippen LogP contribution in [-0.2, 0) is 0 Å². The lowest BCUT2D eigenvalue weighted by Gasteiger charge is -2.03. The number of fused-ring (bicyclic) bond motifs is 1. The van der Waals surface area contributed by atoms with E-state index in [9.17, 15) is 0 Å². The molecule has 0 saturated carbocycles. The molecule has 1 aromatic rings. The highest BCUT2D eigenvalue weighted by atomic mass is 35.5. The van der Waals surface area contributed by atoms with Crippen molar-refractivity contribution in [1.82, 2.24) is 0 Å². The van der Waals surface area contributed by atoms with Crippen molar-refractivity contribution in [2.24, 2.45) is 27.2 Å². The zero-order valence-electron chi connectivity index (χ0n) is 8.68. The first-order valence-corrected chi connectivity index (χ1v) is 4.97. The van der Waals surface area contributed by atoms with Gasteiger partial charge in [-0.3, -0.25) is 0 Å². The first kappa shape index (κ1) is 11.3. The number of nitrogens with zero attached hydrogens (tertiary/aromatic N) is 2. The molecule has 1 aromatic carbocycles. The molecule has 1 heterocycles. The van der Waals surface area contributed by atoms with Crippen LogP contribution in [0.1, 0.15) is 0 Å². The van der Waals surface area contributed by atoms with Gasteiger partial charge in [0.1, 0.15) is 5.69 Å². The van der Waals surface area contributed by atoms with Crippen molar-refractivity contribution in [2.45, 2.75) is 0 Å². The van der Waals surface area contributed by atoms with Crippen molar-refractivity contribution < 1.29 is 9.47 Å². The Kier molecular flexibility index (Phi) is 2.92. The molecule has 0 aromatic heterocycles. The van der Waals surface area contributed by atoms with E-state index in [0.717, 1.165) is 0 Å². The van der Waals surface area contributed by atoms with Gasteiger partial charge < -0.3 is 26.7 Å². The van der Waals surface area contributed by atoms with E-state index in [1.54, 1.807) is 12.1 Å². The third kappa shape index (κ3) is 2.34. The average molecular weight is 256 g/mol. The monoisotopic (exact) mass is 255 g/mol. The first-order valence-electron chi connectivity index (χ1n) is 4.60. The summed E-state index contributed by atoms with van der Waals surface area (Å²) < 4.78 is 10.4. The Morgan fingerprint density at radius 1 is 1.24 bits per heavy atom. The minimum absolute atomic E-state index is 0.112. The number of guanidine groups is 2. The number of hydrogen-bond donors (Lipinski definition) is 3. The highest BCUT2D eigenvalue weighted by molar-refractivity contribution is 6.33. The zero-order chi connectivity index (χ0) is 12.4. The van der Waals surface area contributed by atoms with Gasteiger partial charge in [0.2, 0.25) is 12.8 Å². The quantitative estimate of drug-likeness (QED) is 0.492. The Hall–Kier alpha value is -2.15. The standard InChI is InChI=1S/C9H10ClN5O2/c10-4-1-2-5-7(17-3-16-5)6(4)14-9(13)15-8(11)12/h1-2H,3H2,(H6,11,12,13,14,15). The van der Waals surface area contributed by atoms with Crippen LogP contribution in [0.4, 0.5) is 5.69 Å². The van der Waals surface area contributed by atoms with Crippen molar-refractivity contribution in [2.75, 3.05) is 6.79 Å². The molecular formula is C9H10ClN5O2. The Balaban J connectivity index is 2.46. The van der Waals surface area contributed by atoms with E-state index < -0.39 is 0 Å². The summed E-state index contributed by atoms with van der Waals surface area (Å²) in [6.45, 7) is 0.112. The normalized spacial score (nSPS) is 13.6. The lowest BCUT2D eigenvalue weighted by Crippen LogP contribution is -2.26. The molecule has 0 amide bonds. The van der Waals surface area contributed by atoms with E-state index in [1.807, 2.05) is 0 Å². The fourth-order valence-electron chi connectivity index (χ4n) is 1.31. The van der Waals surface area contributed by atoms with E-state index in [0.29, 0.717) is 22.2 Å². The molecule has 6 N–H and O–H groups in total. The predicted molar refractivity (Wildman–Crippen MR) is 64.7 cm³/mol. The summed E-state index contributed by atoms with van der Waals surface area (Å²) in [5.41, 5.74) is 16.2. The molecule has 0 unspecified atom stereocenters. The van der Waals surface area contributed by atoms with Gasteiger partial charge in [0.05, 0.1) is 5.02 Å². The minimum atomic E-state index is -0.188. The summed E-state index contributed by atoms with van der Waals surface area (Å²) in [6.07, 6.45) is 0. The number of benzene rings is 1. The predicted octanol–water partition coefficient (Wildman–Crippen LogP) is 0.288. The van der Waals surface area contributed by atoms with Crippen molar-refractivity contribution >= 4 is 29.2 Å². The van der Waals surface area contributed by atoms with Crippen LogP contribution in [0.5, 0.6) is 11.5 Å². The second-order valence-electron chi connectivity index (χ2n) is 3.14. The lowest BCUT2D eigenvalue weighted by molar-refractivity contribution is 0.174. The number of aliphatic imine (C=N–C) groups is 2. The van der Waals surface area contributed by atoms with E-state index >= 15 is 0 Å². The van der Waals surface area contributed by atoms with E-state index in [-0.39, 0.29) is 18.7 Å². The zero-order valence-corrected chi connectivity index (χ0v) is 9.44. The van der Waals surface area contributed by atoms with Crippen LogP contribution in [0.2, 0.25) is 5.02 Å². The van der Waals surface area contributed by atoms with Crippen molar-refractivity contribution in [3.63, 3.8) is 0 Å². The van der Waals surface area contributed by atoms with Gasteiger partial charge in [0.25, 0.3) is 0 Å². The maximum Gasteiger partial charge on any atom is 0.231 e. The Bertz CT molecular complexity index is 510. The maximum absolute atomic E-state index is 5.98. The molecule has 0 fully saturated rings. The van der Waals surface area contributed by atoms with Gasteiger partial charge >= 0.3 is 0 Å². The number of nitrogens with two attached hydrogens (primary N) is 3. The molecule has 17 heavy (non-hydrogen) atoms. The van der Waals surface area contributed by atoms with Crippen LogP contribution in [0.3, 0.4) is 0 Å². The fraction of sp³-hybridized carbons (Fsp3) is 0.111. The summed E-state index contributed by atoms with van der Waals surface area (Å²) >= 11 is 5.98. The van der Waals surface area contributed by atoms with Crippen LogP contribution in [0.25, 0.3) is 0 Å². The van der Waals surface area contributed by atoms with Gasteiger partial charge in [0, 0.05) is 0 Å².